The highest BCUT2D eigenvalue weighted by molar-refractivity contribution is 5.77. The minimum atomic E-state index is 0.625. The van der Waals surface area contributed by atoms with E-state index in [-0.39, 0.29) is 0 Å². The molecule has 102 valence electrons. The number of fused-ring (bicyclic) bond motifs is 1. The molecule has 1 N–H and O–H groups in total. The van der Waals surface area contributed by atoms with Gasteiger partial charge in [0, 0.05) is 18.2 Å². The Morgan fingerprint density at radius 1 is 1.32 bits per heavy atom. The van der Waals surface area contributed by atoms with Gasteiger partial charge in [-0.1, -0.05) is 26.7 Å². The number of oxazole rings is 1. The van der Waals surface area contributed by atoms with Crippen LogP contribution in [0, 0.1) is 5.92 Å². The maximum Gasteiger partial charge on any atom is 0.195 e. The standard InChI is InChI=1S/C16H22N2O/c1-3-11-6-5-7-13(11)17-12-8-9-15-14(10-12)18-16(4-2)19-15/h8-11,13,17H,3-7H2,1-2H3. The van der Waals surface area contributed by atoms with Crippen molar-refractivity contribution in [3.05, 3.63) is 24.1 Å². The average Bonchev–Trinajstić information content (AvgIpc) is 3.03. The van der Waals surface area contributed by atoms with E-state index in [0.717, 1.165) is 29.3 Å². The predicted molar refractivity (Wildman–Crippen MR) is 78.4 cm³/mol. The van der Waals surface area contributed by atoms with E-state index in [9.17, 15) is 0 Å². The first-order valence-corrected chi connectivity index (χ1v) is 7.46. The third-order valence-corrected chi connectivity index (χ3v) is 4.27. The maximum absolute atomic E-state index is 5.65. The second-order valence-corrected chi connectivity index (χ2v) is 5.49. The fourth-order valence-electron chi connectivity index (χ4n) is 3.15. The number of nitrogens with one attached hydrogen (secondary N) is 1. The summed E-state index contributed by atoms with van der Waals surface area (Å²) < 4.78 is 5.65. The van der Waals surface area contributed by atoms with Crippen LogP contribution in [0.3, 0.4) is 0 Å². The van der Waals surface area contributed by atoms with E-state index >= 15 is 0 Å². The number of hydrogen-bond donors (Lipinski definition) is 1. The van der Waals surface area contributed by atoms with Crippen LogP contribution in [0.5, 0.6) is 0 Å². The first-order valence-electron chi connectivity index (χ1n) is 7.46. The summed E-state index contributed by atoms with van der Waals surface area (Å²) in [6, 6.07) is 6.88. The van der Waals surface area contributed by atoms with E-state index in [0.29, 0.717) is 6.04 Å². The quantitative estimate of drug-likeness (QED) is 0.884. The molecule has 0 aliphatic heterocycles. The zero-order chi connectivity index (χ0) is 13.2. The summed E-state index contributed by atoms with van der Waals surface area (Å²) in [5, 5.41) is 3.68. The number of hydrogen-bond acceptors (Lipinski definition) is 3. The van der Waals surface area contributed by atoms with Gasteiger partial charge >= 0.3 is 0 Å². The van der Waals surface area contributed by atoms with Crippen LogP contribution in [0.2, 0.25) is 0 Å². The van der Waals surface area contributed by atoms with Gasteiger partial charge in [0.25, 0.3) is 0 Å². The zero-order valence-corrected chi connectivity index (χ0v) is 11.8. The number of anilines is 1. The minimum absolute atomic E-state index is 0.625. The van der Waals surface area contributed by atoms with Gasteiger partial charge in [-0.2, -0.15) is 0 Å². The van der Waals surface area contributed by atoms with Gasteiger partial charge in [-0.25, -0.2) is 4.98 Å². The molecular formula is C16H22N2O. The van der Waals surface area contributed by atoms with Gasteiger partial charge in [-0.05, 0) is 37.0 Å². The summed E-state index contributed by atoms with van der Waals surface area (Å²) in [6.45, 7) is 4.35. The van der Waals surface area contributed by atoms with Crippen LogP contribution in [-0.4, -0.2) is 11.0 Å². The summed E-state index contributed by atoms with van der Waals surface area (Å²) in [6.07, 6.45) is 6.11. The number of rotatable bonds is 4. The SMILES string of the molecule is CCc1nc2cc(NC3CCCC3CC)ccc2o1. The number of nitrogens with zero attached hydrogens (tertiary/aromatic N) is 1. The summed E-state index contributed by atoms with van der Waals surface area (Å²) in [5.74, 6) is 1.64. The first-order chi connectivity index (χ1) is 9.30. The fourth-order valence-corrected chi connectivity index (χ4v) is 3.15. The Hall–Kier alpha value is -1.51. The van der Waals surface area contributed by atoms with Crippen LogP contribution in [-0.2, 0) is 6.42 Å². The molecule has 1 aromatic carbocycles. The molecule has 2 aromatic rings. The van der Waals surface area contributed by atoms with Crippen LogP contribution >= 0.6 is 0 Å². The average molecular weight is 258 g/mol. The van der Waals surface area contributed by atoms with E-state index in [1.54, 1.807) is 0 Å². The van der Waals surface area contributed by atoms with Gasteiger partial charge in [-0.15, -0.1) is 0 Å². The van der Waals surface area contributed by atoms with Crippen molar-refractivity contribution in [1.82, 2.24) is 4.98 Å². The van der Waals surface area contributed by atoms with E-state index in [2.05, 4.69) is 36.3 Å². The molecule has 0 amide bonds. The van der Waals surface area contributed by atoms with E-state index in [1.807, 2.05) is 6.07 Å². The Balaban J connectivity index is 1.81. The van der Waals surface area contributed by atoms with Crippen molar-refractivity contribution < 1.29 is 4.42 Å². The van der Waals surface area contributed by atoms with Gasteiger partial charge in [0.1, 0.15) is 5.52 Å². The van der Waals surface area contributed by atoms with Crippen LogP contribution in [0.1, 0.15) is 45.4 Å². The van der Waals surface area contributed by atoms with Crippen molar-refractivity contribution in [2.75, 3.05) is 5.32 Å². The second-order valence-electron chi connectivity index (χ2n) is 5.49. The monoisotopic (exact) mass is 258 g/mol. The highest BCUT2D eigenvalue weighted by Crippen LogP contribution is 2.31. The van der Waals surface area contributed by atoms with Crippen LogP contribution in [0.15, 0.2) is 22.6 Å². The molecular weight excluding hydrogens is 236 g/mol. The Kier molecular flexibility index (Phi) is 3.45. The molecule has 1 aliphatic carbocycles. The van der Waals surface area contributed by atoms with Gasteiger partial charge in [0.05, 0.1) is 0 Å². The summed E-state index contributed by atoms with van der Waals surface area (Å²) in [7, 11) is 0. The van der Waals surface area contributed by atoms with Crippen molar-refractivity contribution in [1.29, 1.82) is 0 Å². The molecule has 3 nitrogen and oxygen atoms in total. The molecule has 0 bridgehead atoms. The molecule has 1 fully saturated rings. The van der Waals surface area contributed by atoms with Gasteiger partial charge in [0.2, 0.25) is 0 Å². The minimum Gasteiger partial charge on any atom is -0.441 e. The van der Waals surface area contributed by atoms with E-state index in [4.69, 9.17) is 4.42 Å². The lowest BCUT2D eigenvalue weighted by atomic mass is 10.0. The summed E-state index contributed by atoms with van der Waals surface area (Å²) >= 11 is 0. The van der Waals surface area contributed by atoms with Crippen LogP contribution in [0.4, 0.5) is 5.69 Å². The van der Waals surface area contributed by atoms with Crippen LogP contribution in [0.25, 0.3) is 11.1 Å². The van der Waals surface area contributed by atoms with Gasteiger partial charge in [-0.3, -0.25) is 0 Å². The Morgan fingerprint density at radius 3 is 3.00 bits per heavy atom. The van der Waals surface area contributed by atoms with E-state index < -0.39 is 0 Å². The molecule has 3 heteroatoms. The lowest BCUT2D eigenvalue weighted by Crippen LogP contribution is -2.23. The highest BCUT2D eigenvalue weighted by Gasteiger charge is 2.25. The van der Waals surface area contributed by atoms with Crippen LogP contribution < -0.4 is 5.32 Å². The first kappa shape index (κ1) is 12.5. The molecule has 2 unspecified atom stereocenters. The Morgan fingerprint density at radius 2 is 2.21 bits per heavy atom. The summed E-state index contributed by atoms with van der Waals surface area (Å²) in [5.41, 5.74) is 3.03. The Labute approximate surface area is 114 Å². The molecule has 0 saturated heterocycles. The lowest BCUT2D eigenvalue weighted by Gasteiger charge is -2.20. The van der Waals surface area contributed by atoms with Crippen molar-refractivity contribution in [3.8, 4) is 0 Å². The molecule has 1 aliphatic rings. The number of benzene rings is 1. The number of aryl methyl sites for hydroxylation is 1. The smallest absolute Gasteiger partial charge is 0.195 e. The molecule has 19 heavy (non-hydrogen) atoms. The molecule has 1 heterocycles. The number of aromatic nitrogens is 1. The normalized spacial score (nSPS) is 23.1. The van der Waals surface area contributed by atoms with Crippen molar-refractivity contribution in [2.45, 2.75) is 52.0 Å². The molecule has 3 rings (SSSR count). The van der Waals surface area contributed by atoms with Crippen molar-refractivity contribution in [2.24, 2.45) is 5.92 Å². The fraction of sp³-hybridized carbons (Fsp3) is 0.562. The zero-order valence-electron chi connectivity index (χ0n) is 11.8. The third-order valence-electron chi connectivity index (χ3n) is 4.27. The molecule has 0 spiro atoms. The predicted octanol–water partition coefficient (Wildman–Crippen LogP) is 4.38. The topological polar surface area (TPSA) is 38.1 Å². The molecule has 1 saturated carbocycles. The van der Waals surface area contributed by atoms with E-state index in [1.165, 1.54) is 31.4 Å². The van der Waals surface area contributed by atoms with Gasteiger partial charge < -0.3 is 9.73 Å². The second kappa shape index (κ2) is 5.24. The molecule has 0 radical (unpaired) electrons. The molecule has 1 aromatic heterocycles. The summed E-state index contributed by atoms with van der Waals surface area (Å²) in [4.78, 5) is 4.50. The largest absolute Gasteiger partial charge is 0.441 e. The highest BCUT2D eigenvalue weighted by atomic mass is 16.3. The van der Waals surface area contributed by atoms with Crippen molar-refractivity contribution in [3.63, 3.8) is 0 Å². The van der Waals surface area contributed by atoms with Gasteiger partial charge in [0.15, 0.2) is 11.5 Å². The Bertz CT molecular complexity index is 561. The molecule has 2 atom stereocenters. The third kappa shape index (κ3) is 2.46. The van der Waals surface area contributed by atoms with Crippen molar-refractivity contribution >= 4 is 16.8 Å². The lowest BCUT2D eigenvalue weighted by molar-refractivity contribution is 0.489. The maximum atomic E-state index is 5.65.